The number of anilines is 3. The van der Waals surface area contributed by atoms with Crippen molar-refractivity contribution in [3.63, 3.8) is 0 Å². The summed E-state index contributed by atoms with van der Waals surface area (Å²) in [5.41, 5.74) is -0.588. The van der Waals surface area contributed by atoms with Crippen LogP contribution in [0.15, 0.2) is 36.5 Å². The number of carbonyl (C=O) groups is 1. The van der Waals surface area contributed by atoms with E-state index in [1.807, 2.05) is 47.6 Å². The Morgan fingerprint density at radius 3 is 2.00 bits per heavy atom. The fourth-order valence-corrected chi connectivity index (χ4v) is 7.00. The molecule has 17 heteroatoms. The molecular formula is C33H46N6O9S2. The molecule has 0 saturated heterocycles. The Hall–Kier alpha value is -4.19. The van der Waals surface area contributed by atoms with E-state index >= 15 is 0 Å². The summed E-state index contributed by atoms with van der Waals surface area (Å²) in [5, 5.41) is 2.87. The second kappa shape index (κ2) is 13.5. The highest BCUT2D eigenvalue weighted by Gasteiger charge is 2.59. The van der Waals surface area contributed by atoms with Gasteiger partial charge in [-0.25, -0.2) is 26.5 Å². The number of fused-ring (bicyclic) bond motifs is 1. The van der Waals surface area contributed by atoms with Gasteiger partial charge in [-0.15, -0.1) is 0 Å². The number of nitrogens with one attached hydrogen (secondary N) is 3. The molecule has 2 aromatic carbocycles. The zero-order valence-electron chi connectivity index (χ0n) is 30.4. The van der Waals surface area contributed by atoms with Gasteiger partial charge in [0.15, 0.2) is 11.5 Å². The maximum atomic E-state index is 14.8. The van der Waals surface area contributed by atoms with Gasteiger partial charge in [0.2, 0.25) is 31.7 Å². The topological polar surface area (TPSA) is 187 Å². The van der Waals surface area contributed by atoms with Crippen LogP contribution in [0.1, 0.15) is 64.3 Å². The predicted octanol–water partition coefficient (Wildman–Crippen LogP) is 4.27. The number of nitrogens with zero attached hydrogens (tertiary/aromatic N) is 3. The highest BCUT2D eigenvalue weighted by Crippen LogP contribution is 2.53. The Balaban J connectivity index is 1.98. The molecule has 2 heterocycles. The molecule has 2 atom stereocenters. The van der Waals surface area contributed by atoms with E-state index in [4.69, 9.17) is 18.9 Å². The Labute approximate surface area is 294 Å². The van der Waals surface area contributed by atoms with Crippen LogP contribution in [0.4, 0.5) is 17.1 Å². The third-order valence-corrected chi connectivity index (χ3v) is 9.44. The second-order valence-corrected chi connectivity index (χ2v) is 17.6. The Kier molecular flexibility index (Phi) is 10.4. The van der Waals surface area contributed by atoms with Crippen LogP contribution < -0.4 is 33.9 Å². The number of hydrogen-bond acceptors (Lipinski definition) is 12. The van der Waals surface area contributed by atoms with E-state index in [1.54, 1.807) is 25.2 Å². The maximum Gasteiger partial charge on any atom is 0.319 e. The minimum Gasteiger partial charge on any atom is -0.492 e. The van der Waals surface area contributed by atoms with Crippen molar-refractivity contribution in [2.75, 3.05) is 55.8 Å². The summed E-state index contributed by atoms with van der Waals surface area (Å²) in [6.45, 7) is 11.7. The van der Waals surface area contributed by atoms with Crippen LogP contribution in [-0.4, -0.2) is 79.3 Å². The third kappa shape index (κ3) is 7.90. The molecule has 0 spiro atoms. The normalized spacial score (nSPS) is 18.0. The summed E-state index contributed by atoms with van der Waals surface area (Å²) in [4.78, 5) is 24.6. The molecule has 1 aliphatic rings. The minimum atomic E-state index is -3.97. The number of benzene rings is 2. The Bertz CT molecular complexity index is 2010. The first-order valence-corrected chi connectivity index (χ1v) is 19.2. The van der Waals surface area contributed by atoms with Gasteiger partial charge in [-0.05, 0) is 40.2 Å². The fourth-order valence-electron chi connectivity index (χ4n) is 5.73. The van der Waals surface area contributed by atoms with E-state index in [1.165, 1.54) is 38.5 Å². The summed E-state index contributed by atoms with van der Waals surface area (Å²) in [6.07, 6.45) is 3.45. The van der Waals surface area contributed by atoms with E-state index in [0.29, 0.717) is 16.8 Å². The van der Waals surface area contributed by atoms with Gasteiger partial charge in [-0.2, -0.15) is 4.98 Å². The van der Waals surface area contributed by atoms with Crippen molar-refractivity contribution in [2.45, 2.75) is 64.1 Å². The van der Waals surface area contributed by atoms with Crippen molar-refractivity contribution >= 4 is 43.0 Å². The summed E-state index contributed by atoms with van der Waals surface area (Å²) in [7, 11) is -2.10. The molecule has 3 N–H and O–H groups in total. The highest BCUT2D eigenvalue weighted by molar-refractivity contribution is 7.92. The number of ether oxygens (including phenoxy) is 4. The molecule has 274 valence electrons. The highest BCUT2D eigenvalue weighted by atomic mass is 32.2. The molecular weight excluding hydrogens is 689 g/mol. The summed E-state index contributed by atoms with van der Waals surface area (Å²) < 4.78 is 78.9. The molecule has 50 heavy (non-hydrogen) atoms. The third-order valence-electron chi connectivity index (χ3n) is 8.18. The van der Waals surface area contributed by atoms with Crippen molar-refractivity contribution in [1.82, 2.24) is 14.7 Å². The molecule has 2 unspecified atom stereocenters. The first-order chi connectivity index (χ1) is 22.9. The molecule has 0 bridgehead atoms. The zero-order chi connectivity index (χ0) is 37.6. The lowest BCUT2D eigenvalue weighted by atomic mass is 9.84. The summed E-state index contributed by atoms with van der Waals surface area (Å²) in [5.74, 6) is -0.359. The molecule has 0 radical (unpaired) electrons. The number of carbonyl (C=O) groups excluding carboxylic acids is 1. The van der Waals surface area contributed by atoms with E-state index < -0.39 is 48.6 Å². The molecule has 15 nitrogen and oxygen atoms in total. The summed E-state index contributed by atoms with van der Waals surface area (Å²) >= 11 is 0. The Morgan fingerprint density at radius 1 is 0.880 bits per heavy atom. The average Bonchev–Trinajstić information content (AvgIpc) is 3.22. The van der Waals surface area contributed by atoms with Crippen molar-refractivity contribution in [1.29, 1.82) is 0 Å². The van der Waals surface area contributed by atoms with Gasteiger partial charge >= 0.3 is 6.01 Å². The molecule has 3 aromatic rings. The molecule has 0 fully saturated rings. The van der Waals surface area contributed by atoms with Gasteiger partial charge < -0.3 is 29.2 Å². The van der Waals surface area contributed by atoms with Crippen molar-refractivity contribution < 1.29 is 40.6 Å². The SMILES string of the molecule is COc1nccc(Oc2cc(C(C)(C)C)cc3c2N(C)C(OC)(C(=O)Nc2cc(C(C)(C)C)cc(NS(C)(=O)=O)c2OC)C3NS(C)(=O)=O)n1. The van der Waals surface area contributed by atoms with Crippen LogP contribution in [0.25, 0.3) is 0 Å². The van der Waals surface area contributed by atoms with Crippen LogP contribution in [0.2, 0.25) is 0 Å². The van der Waals surface area contributed by atoms with Crippen LogP contribution in [0.5, 0.6) is 23.4 Å². The monoisotopic (exact) mass is 734 g/mol. The molecule has 0 saturated carbocycles. The number of sulfonamides is 2. The van der Waals surface area contributed by atoms with Crippen LogP contribution in [0.3, 0.4) is 0 Å². The number of methoxy groups -OCH3 is 3. The first-order valence-electron chi connectivity index (χ1n) is 15.5. The van der Waals surface area contributed by atoms with Gasteiger partial charge in [-0.3, -0.25) is 9.52 Å². The van der Waals surface area contributed by atoms with Crippen LogP contribution in [-0.2, 0) is 40.4 Å². The molecule has 1 amide bonds. The second-order valence-electron chi connectivity index (χ2n) is 14.1. The number of likely N-dealkylation sites (N-methyl/N-ethyl adjacent to an activating group) is 1. The first kappa shape index (κ1) is 38.6. The fraction of sp³-hybridized carbons (Fsp3) is 0.485. The van der Waals surface area contributed by atoms with Crippen LogP contribution >= 0.6 is 0 Å². The quantitative estimate of drug-likeness (QED) is 0.254. The Morgan fingerprint density at radius 2 is 1.48 bits per heavy atom. The maximum absolute atomic E-state index is 14.8. The van der Waals surface area contributed by atoms with E-state index in [9.17, 15) is 21.6 Å². The molecule has 1 aliphatic heterocycles. The standard InChI is InChI=1S/C33H46N6O9S2/c1-31(2,3)19-15-21-26(24(18-19)48-25-13-14-34-30(36-25)46-9)39(7)33(47-10,28(21)38-50(12,43)44)29(40)35-22-16-20(32(4,5)6)17-23(27(22)45-8)37-49(11,41)42/h13-18,28,37-38H,1-12H3,(H,35,40). The van der Waals surface area contributed by atoms with Crippen molar-refractivity contribution in [3.05, 3.63) is 53.2 Å². The van der Waals surface area contributed by atoms with Gasteiger partial charge in [0.1, 0.15) is 6.04 Å². The average molecular weight is 735 g/mol. The molecule has 4 rings (SSSR count). The smallest absolute Gasteiger partial charge is 0.319 e. The predicted molar refractivity (Wildman–Crippen MR) is 191 cm³/mol. The van der Waals surface area contributed by atoms with Crippen molar-refractivity contribution in [3.8, 4) is 23.4 Å². The lowest BCUT2D eigenvalue weighted by Crippen LogP contribution is -2.61. The number of aromatic nitrogens is 2. The van der Waals surface area contributed by atoms with Gasteiger partial charge in [0, 0.05) is 32.0 Å². The largest absolute Gasteiger partial charge is 0.492 e. The van der Waals surface area contributed by atoms with E-state index in [-0.39, 0.29) is 34.8 Å². The van der Waals surface area contributed by atoms with Gasteiger partial charge in [0.05, 0.1) is 43.8 Å². The number of hydrogen-bond donors (Lipinski definition) is 3. The van der Waals surface area contributed by atoms with E-state index in [0.717, 1.165) is 18.1 Å². The number of rotatable bonds is 11. The lowest BCUT2D eigenvalue weighted by molar-refractivity contribution is -0.139. The minimum absolute atomic E-state index is 0.0329. The van der Waals surface area contributed by atoms with E-state index in [2.05, 4.69) is 24.7 Å². The lowest BCUT2D eigenvalue weighted by Gasteiger charge is -2.39. The van der Waals surface area contributed by atoms with Crippen LogP contribution in [0, 0.1) is 0 Å². The van der Waals surface area contributed by atoms with Crippen molar-refractivity contribution in [2.24, 2.45) is 0 Å². The van der Waals surface area contributed by atoms with Gasteiger partial charge in [0.25, 0.3) is 5.91 Å². The zero-order valence-corrected chi connectivity index (χ0v) is 32.0. The molecule has 1 aromatic heterocycles. The molecule has 0 aliphatic carbocycles. The summed E-state index contributed by atoms with van der Waals surface area (Å²) in [6, 6.07) is 7.20. The number of amides is 1. The van der Waals surface area contributed by atoms with Gasteiger partial charge in [-0.1, -0.05) is 47.6 Å².